The zero-order chi connectivity index (χ0) is 16.0. The molecule has 0 saturated heterocycles. The molecule has 4 nitrogen and oxygen atoms in total. The van der Waals surface area contributed by atoms with Gasteiger partial charge in [0.2, 0.25) is 0 Å². The van der Waals surface area contributed by atoms with E-state index in [-0.39, 0.29) is 11.1 Å². The molecule has 3 N–H and O–H groups in total. The first-order chi connectivity index (χ1) is 9.75. The van der Waals surface area contributed by atoms with Crippen molar-refractivity contribution >= 4 is 11.4 Å². The van der Waals surface area contributed by atoms with Gasteiger partial charge in [0.25, 0.3) is 0 Å². The van der Waals surface area contributed by atoms with E-state index in [4.69, 9.17) is 10.5 Å². The molecule has 21 heavy (non-hydrogen) atoms. The number of benzene rings is 1. The highest BCUT2D eigenvalue weighted by Crippen LogP contribution is 2.30. The van der Waals surface area contributed by atoms with Crippen molar-refractivity contribution in [2.45, 2.75) is 26.9 Å². The zero-order valence-electron chi connectivity index (χ0n) is 12.4. The van der Waals surface area contributed by atoms with Crippen LogP contribution in [-0.4, -0.2) is 26.9 Å². The summed E-state index contributed by atoms with van der Waals surface area (Å²) < 4.78 is 47.0. The van der Waals surface area contributed by atoms with Gasteiger partial charge in [-0.2, -0.15) is 8.78 Å². The normalized spacial score (nSPS) is 11.8. The molecule has 1 aromatic carbocycles. The van der Waals surface area contributed by atoms with Crippen LogP contribution in [0.25, 0.3) is 0 Å². The minimum atomic E-state index is -3.09. The molecule has 0 heterocycles. The van der Waals surface area contributed by atoms with Crippen LogP contribution >= 0.6 is 0 Å². The fourth-order valence-electron chi connectivity index (χ4n) is 1.71. The summed E-state index contributed by atoms with van der Waals surface area (Å²) in [6.07, 6.45) is 0.804. The Hall–Kier alpha value is -1.63. The van der Waals surface area contributed by atoms with E-state index in [1.54, 1.807) is 7.11 Å². The Kier molecular flexibility index (Phi) is 6.14. The molecule has 0 aliphatic heterocycles. The number of ether oxygens (including phenoxy) is 2. The number of nitrogens with two attached hydrogens (primary N) is 1. The fourth-order valence-corrected chi connectivity index (χ4v) is 1.71. The van der Waals surface area contributed by atoms with Crippen molar-refractivity contribution in [3.8, 4) is 5.75 Å². The molecule has 1 rings (SSSR count). The SMILES string of the molecule is COCCC(C)(C)CNc1cc(OC(F)F)c(F)cc1N. The molecule has 0 unspecified atom stereocenters. The van der Waals surface area contributed by atoms with Crippen molar-refractivity contribution in [2.24, 2.45) is 5.41 Å². The average molecular weight is 306 g/mol. The molecule has 1 aromatic rings. The Morgan fingerprint density at radius 3 is 2.57 bits per heavy atom. The third kappa shape index (κ3) is 5.71. The molecule has 0 bridgehead atoms. The van der Waals surface area contributed by atoms with E-state index in [9.17, 15) is 13.2 Å². The molecule has 0 spiro atoms. The maximum atomic E-state index is 13.4. The highest BCUT2D eigenvalue weighted by molar-refractivity contribution is 5.68. The summed E-state index contributed by atoms with van der Waals surface area (Å²) in [4.78, 5) is 0. The third-order valence-electron chi connectivity index (χ3n) is 3.06. The Labute approximate surface area is 122 Å². The van der Waals surface area contributed by atoms with Gasteiger partial charge in [-0.25, -0.2) is 4.39 Å². The highest BCUT2D eigenvalue weighted by Gasteiger charge is 2.19. The van der Waals surface area contributed by atoms with Gasteiger partial charge in [-0.15, -0.1) is 0 Å². The summed E-state index contributed by atoms with van der Waals surface area (Å²) >= 11 is 0. The van der Waals surface area contributed by atoms with Crippen molar-refractivity contribution in [2.75, 3.05) is 31.3 Å². The number of rotatable bonds is 8. The number of nitrogen functional groups attached to an aromatic ring is 1. The van der Waals surface area contributed by atoms with Crippen LogP contribution in [0.1, 0.15) is 20.3 Å². The maximum Gasteiger partial charge on any atom is 0.387 e. The maximum absolute atomic E-state index is 13.4. The quantitative estimate of drug-likeness (QED) is 0.722. The largest absolute Gasteiger partial charge is 0.432 e. The highest BCUT2D eigenvalue weighted by atomic mass is 19.3. The van der Waals surface area contributed by atoms with Gasteiger partial charge >= 0.3 is 6.61 Å². The van der Waals surface area contributed by atoms with Crippen LogP contribution in [0.4, 0.5) is 24.5 Å². The van der Waals surface area contributed by atoms with Gasteiger partial charge in [0.05, 0.1) is 11.4 Å². The first kappa shape index (κ1) is 17.4. The zero-order valence-corrected chi connectivity index (χ0v) is 12.4. The topological polar surface area (TPSA) is 56.5 Å². The fraction of sp³-hybridized carbons (Fsp3) is 0.571. The average Bonchev–Trinajstić information content (AvgIpc) is 2.38. The number of nitrogens with one attached hydrogen (secondary N) is 1. The van der Waals surface area contributed by atoms with Crippen LogP contribution in [0, 0.1) is 11.2 Å². The van der Waals surface area contributed by atoms with E-state index >= 15 is 0 Å². The van der Waals surface area contributed by atoms with E-state index in [0.717, 1.165) is 18.6 Å². The van der Waals surface area contributed by atoms with Crippen LogP contribution in [-0.2, 0) is 4.74 Å². The number of halogens is 3. The van der Waals surface area contributed by atoms with Crippen LogP contribution in [0.15, 0.2) is 12.1 Å². The molecule has 0 aliphatic carbocycles. The van der Waals surface area contributed by atoms with Crippen molar-refractivity contribution in [1.29, 1.82) is 0 Å². The Morgan fingerprint density at radius 2 is 2.00 bits per heavy atom. The lowest BCUT2D eigenvalue weighted by Crippen LogP contribution is -2.25. The van der Waals surface area contributed by atoms with Gasteiger partial charge in [-0.1, -0.05) is 13.8 Å². The number of hydrogen-bond donors (Lipinski definition) is 2. The molecule has 0 amide bonds. The summed E-state index contributed by atoms with van der Waals surface area (Å²) in [6, 6.07) is 2.10. The second-order valence-corrected chi connectivity index (χ2v) is 5.51. The van der Waals surface area contributed by atoms with Gasteiger partial charge in [0.1, 0.15) is 0 Å². The van der Waals surface area contributed by atoms with Gasteiger partial charge < -0.3 is 20.5 Å². The molecular weight excluding hydrogens is 285 g/mol. The molecule has 0 aromatic heterocycles. The van der Waals surface area contributed by atoms with Crippen LogP contribution in [0.5, 0.6) is 5.75 Å². The number of methoxy groups -OCH3 is 1. The summed E-state index contributed by atoms with van der Waals surface area (Å²) in [7, 11) is 1.62. The smallest absolute Gasteiger partial charge is 0.387 e. The second kappa shape index (κ2) is 7.40. The van der Waals surface area contributed by atoms with Crippen molar-refractivity contribution in [1.82, 2.24) is 0 Å². The lowest BCUT2D eigenvalue weighted by atomic mass is 9.89. The number of anilines is 2. The van der Waals surface area contributed by atoms with Gasteiger partial charge in [-0.3, -0.25) is 0 Å². The first-order valence-corrected chi connectivity index (χ1v) is 6.52. The van der Waals surface area contributed by atoms with E-state index < -0.39 is 18.2 Å². The molecule has 0 fully saturated rings. The van der Waals surface area contributed by atoms with E-state index in [2.05, 4.69) is 10.1 Å². The molecule has 0 saturated carbocycles. The first-order valence-electron chi connectivity index (χ1n) is 6.52. The second-order valence-electron chi connectivity index (χ2n) is 5.51. The Morgan fingerprint density at radius 1 is 1.33 bits per heavy atom. The number of alkyl halides is 2. The van der Waals surface area contributed by atoms with E-state index in [1.807, 2.05) is 13.8 Å². The minimum absolute atomic E-state index is 0.0967. The van der Waals surface area contributed by atoms with Crippen molar-refractivity contribution in [3.63, 3.8) is 0 Å². The lowest BCUT2D eigenvalue weighted by molar-refractivity contribution is -0.0521. The Balaban J connectivity index is 2.78. The van der Waals surface area contributed by atoms with Crippen molar-refractivity contribution in [3.05, 3.63) is 17.9 Å². The van der Waals surface area contributed by atoms with Crippen LogP contribution in [0.2, 0.25) is 0 Å². The standard InChI is InChI=1S/C14H21F3N2O2/c1-14(2,4-5-20-3)8-19-11-7-12(21-13(16)17)9(15)6-10(11)18/h6-7,13,19H,4-5,8,18H2,1-3H3. The van der Waals surface area contributed by atoms with Gasteiger partial charge in [0.15, 0.2) is 11.6 Å². The molecule has 120 valence electrons. The monoisotopic (exact) mass is 306 g/mol. The Bertz CT molecular complexity index is 468. The molecule has 0 aliphatic rings. The summed E-state index contributed by atoms with van der Waals surface area (Å²) in [5, 5.41) is 3.03. The van der Waals surface area contributed by atoms with E-state index in [0.29, 0.717) is 18.8 Å². The minimum Gasteiger partial charge on any atom is -0.432 e. The third-order valence-corrected chi connectivity index (χ3v) is 3.06. The van der Waals surface area contributed by atoms with E-state index in [1.165, 1.54) is 0 Å². The summed E-state index contributed by atoms with van der Waals surface area (Å²) in [5.74, 6) is -1.45. The molecular formula is C14H21F3N2O2. The van der Waals surface area contributed by atoms with Gasteiger partial charge in [-0.05, 0) is 11.8 Å². The predicted molar refractivity (Wildman–Crippen MR) is 76.2 cm³/mol. The lowest BCUT2D eigenvalue weighted by Gasteiger charge is -2.25. The summed E-state index contributed by atoms with van der Waals surface area (Å²) in [6.45, 7) is 2.09. The predicted octanol–water partition coefficient (Wildman–Crippen LogP) is 3.48. The number of hydrogen-bond acceptors (Lipinski definition) is 4. The molecule has 0 radical (unpaired) electrons. The molecule has 0 atom stereocenters. The van der Waals surface area contributed by atoms with Gasteiger partial charge in [0, 0.05) is 32.4 Å². The molecule has 7 heteroatoms. The van der Waals surface area contributed by atoms with Crippen LogP contribution < -0.4 is 15.8 Å². The van der Waals surface area contributed by atoms with Crippen LogP contribution in [0.3, 0.4) is 0 Å². The van der Waals surface area contributed by atoms with Crippen molar-refractivity contribution < 1.29 is 22.6 Å². The summed E-state index contributed by atoms with van der Waals surface area (Å²) in [5.41, 5.74) is 6.08.